The molecule has 3 fully saturated rings. The molecule has 13 heteroatoms. The molecule has 0 spiro atoms. The third-order valence-electron chi connectivity index (χ3n) is 9.68. The molecule has 3 saturated carbocycles. The van der Waals surface area contributed by atoms with Crippen molar-refractivity contribution in [2.75, 3.05) is 38.4 Å². The van der Waals surface area contributed by atoms with Crippen molar-refractivity contribution in [3.63, 3.8) is 0 Å². The summed E-state index contributed by atoms with van der Waals surface area (Å²) >= 11 is 0. The van der Waals surface area contributed by atoms with Crippen LogP contribution in [0.25, 0.3) is 0 Å². The van der Waals surface area contributed by atoms with Crippen LogP contribution in [0.3, 0.4) is 0 Å². The second kappa shape index (κ2) is 11.0. The van der Waals surface area contributed by atoms with Gasteiger partial charge in [0.05, 0.1) is 29.3 Å². The molecule has 0 aromatic heterocycles. The van der Waals surface area contributed by atoms with Crippen molar-refractivity contribution in [1.82, 2.24) is 4.90 Å². The number of Topliss-reactive ketones (excluding diaryl/α,β-unsaturated/α-hetero) is 4. The van der Waals surface area contributed by atoms with E-state index in [0.717, 1.165) is 32.1 Å². The number of nitrogens with two attached hydrogens (primary N) is 2. The number of guanidine groups is 1. The highest BCUT2D eigenvalue weighted by molar-refractivity contribution is 6.32. The number of anilines is 2. The Kier molecular flexibility index (Phi) is 7.84. The Morgan fingerprint density at radius 2 is 1.70 bits per heavy atom. The molecule has 1 aromatic carbocycles. The van der Waals surface area contributed by atoms with Crippen LogP contribution in [-0.4, -0.2) is 96.0 Å². The monoisotopic (exact) mass is 596 g/mol. The van der Waals surface area contributed by atoms with Crippen LogP contribution in [0.4, 0.5) is 11.4 Å². The zero-order valence-corrected chi connectivity index (χ0v) is 24.9. The molecule has 232 valence electrons. The van der Waals surface area contributed by atoms with E-state index < -0.39 is 70.1 Å². The molecule has 5 rings (SSSR count). The number of fused-ring (bicyclic) bond motifs is 3. The van der Waals surface area contributed by atoms with Crippen LogP contribution >= 0.6 is 0 Å². The van der Waals surface area contributed by atoms with E-state index in [1.54, 1.807) is 39.2 Å². The number of likely N-dealkylation sites (N-methyl/N-ethyl adjacent to an activating group) is 1. The molecule has 2 unspecified atom stereocenters. The lowest BCUT2D eigenvalue weighted by Crippen LogP contribution is -2.74. The summed E-state index contributed by atoms with van der Waals surface area (Å²) in [4.78, 5) is 74.9. The van der Waals surface area contributed by atoms with Crippen LogP contribution in [-0.2, 0) is 25.6 Å². The number of aliphatic imine (C=N–C) groups is 1. The number of nitrogens with zero attached hydrogens (tertiary/aromatic N) is 3. The Morgan fingerprint density at radius 1 is 1.05 bits per heavy atom. The molecule has 1 amide bonds. The van der Waals surface area contributed by atoms with Gasteiger partial charge in [-0.2, -0.15) is 0 Å². The zero-order chi connectivity index (χ0) is 31.5. The molecule has 0 radical (unpaired) electrons. The van der Waals surface area contributed by atoms with Crippen molar-refractivity contribution in [1.29, 1.82) is 0 Å². The number of aromatic hydroxyl groups is 1. The summed E-state index contributed by atoms with van der Waals surface area (Å²) in [6.45, 7) is 0. The van der Waals surface area contributed by atoms with Crippen molar-refractivity contribution in [3.05, 3.63) is 17.2 Å². The molecule has 0 bridgehead atoms. The number of carbonyl (C=O) groups excluding carboxylic acids is 5. The molecule has 1 aromatic rings. The molecule has 7 N–H and O–H groups in total. The van der Waals surface area contributed by atoms with Gasteiger partial charge in [0.15, 0.2) is 40.6 Å². The standard InChI is InChI=1S/C30H40N6O7/c1-35(2)18-12-17(34-29(32)33-14-8-6-5-7-9-14)23(37)20-15(18)10-13-11-16-22(36(3)4)25(39)21(28(31)42)27(41)30(16,43)26(40)19(13)24(20)38/h12-14,16,19,21-22,37,43H,5-11H2,1-4H3,(H2,31,42)(H3,32,33,34)/t13-,16-,19?,21?,22-,30-/m0/s1. The second-order valence-corrected chi connectivity index (χ2v) is 12.8. The third kappa shape index (κ3) is 4.78. The van der Waals surface area contributed by atoms with Gasteiger partial charge in [0.2, 0.25) is 5.91 Å². The van der Waals surface area contributed by atoms with Crippen LogP contribution in [0.5, 0.6) is 5.75 Å². The fourth-order valence-corrected chi connectivity index (χ4v) is 7.72. The fraction of sp³-hybridized carbons (Fsp3) is 0.600. The summed E-state index contributed by atoms with van der Waals surface area (Å²) in [5.41, 5.74) is 9.95. The molecule has 0 aliphatic heterocycles. The summed E-state index contributed by atoms with van der Waals surface area (Å²) < 4.78 is 0. The number of rotatable bonds is 5. The van der Waals surface area contributed by atoms with Crippen LogP contribution in [0.15, 0.2) is 11.1 Å². The van der Waals surface area contributed by atoms with E-state index in [2.05, 4.69) is 10.3 Å². The van der Waals surface area contributed by atoms with E-state index >= 15 is 0 Å². The van der Waals surface area contributed by atoms with Crippen LogP contribution in [0.2, 0.25) is 0 Å². The first-order chi connectivity index (χ1) is 20.2. The molecule has 0 saturated heterocycles. The average molecular weight is 597 g/mol. The van der Waals surface area contributed by atoms with Gasteiger partial charge in [-0.3, -0.25) is 28.9 Å². The molecular weight excluding hydrogens is 556 g/mol. The fourth-order valence-electron chi connectivity index (χ4n) is 7.72. The van der Waals surface area contributed by atoms with Crippen molar-refractivity contribution in [2.45, 2.75) is 62.6 Å². The number of carbonyl (C=O) groups is 5. The normalized spacial score (nSPS) is 31.4. The number of benzene rings is 1. The van der Waals surface area contributed by atoms with E-state index in [4.69, 9.17) is 11.5 Å². The van der Waals surface area contributed by atoms with Gasteiger partial charge in [-0.1, -0.05) is 19.3 Å². The topological polar surface area (TPSA) is 209 Å². The van der Waals surface area contributed by atoms with Crippen LogP contribution < -0.4 is 21.7 Å². The van der Waals surface area contributed by atoms with E-state index in [9.17, 15) is 34.2 Å². The first-order valence-electron chi connectivity index (χ1n) is 14.7. The largest absolute Gasteiger partial charge is 0.505 e. The molecule has 43 heavy (non-hydrogen) atoms. The number of hydrogen-bond donors (Lipinski definition) is 5. The number of nitrogens with one attached hydrogen (secondary N) is 1. The van der Waals surface area contributed by atoms with E-state index in [-0.39, 0.29) is 36.1 Å². The number of phenolic OH excluding ortho intramolecular Hbond substituents is 1. The summed E-state index contributed by atoms with van der Waals surface area (Å²) in [5, 5.41) is 26.1. The van der Waals surface area contributed by atoms with E-state index in [1.807, 2.05) is 0 Å². The minimum atomic E-state index is -2.77. The van der Waals surface area contributed by atoms with E-state index in [0.29, 0.717) is 11.3 Å². The van der Waals surface area contributed by atoms with Crippen LogP contribution in [0, 0.1) is 23.7 Å². The smallest absolute Gasteiger partial charge is 0.235 e. The highest BCUT2D eigenvalue weighted by atomic mass is 16.3. The molecular formula is C30H40N6O7. The van der Waals surface area contributed by atoms with Crippen molar-refractivity contribution >= 4 is 46.4 Å². The minimum Gasteiger partial charge on any atom is -0.505 e. The Hall–Kier alpha value is -3.84. The van der Waals surface area contributed by atoms with E-state index in [1.165, 1.54) is 4.90 Å². The van der Waals surface area contributed by atoms with Crippen molar-refractivity contribution < 1.29 is 34.2 Å². The van der Waals surface area contributed by atoms with Gasteiger partial charge in [-0.25, -0.2) is 4.99 Å². The van der Waals surface area contributed by atoms with Gasteiger partial charge in [0.1, 0.15) is 5.75 Å². The number of phenols is 1. The maximum Gasteiger partial charge on any atom is 0.235 e. The predicted molar refractivity (Wildman–Crippen MR) is 158 cm³/mol. The van der Waals surface area contributed by atoms with Gasteiger partial charge in [-0.05, 0) is 57.3 Å². The average Bonchev–Trinajstić information content (AvgIpc) is 2.92. The van der Waals surface area contributed by atoms with Gasteiger partial charge < -0.3 is 31.9 Å². The number of hydrogen-bond acceptors (Lipinski definition) is 10. The van der Waals surface area contributed by atoms with Gasteiger partial charge in [-0.15, -0.1) is 0 Å². The summed E-state index contributed by atoms with van der Waals surface area (Å²) in [5.74, 6) is -10.9. The third-order valence-corrected chi connectivity index (χ3v) is 9.68. The number of primary amides is 1. The van der Waals surface area contributed by atoms with Crippen molar-refractivity contribution in [3.8, 4) is 5.75 Å². The quantitative estimate of drug-likeness (QED) is 0.132. The van der Waals surface area contributed by atoms with Crippen molar-refractivity contribution in [2.24, 2.45) is 40.1 Å². The second-order valence-electron chi connectivity index (χ2n) is 12.8. The highest BCUT2D eigenvalue weighted by Gasteiger charge is 2.69. The maximum absolute atomic E-state index is 14.2. The number of aliphatic hydroxyl groups is 1. The Morgan fingerprint density at radius 3 is 2.28 bits per heavy atom. The van der Waals surface area contributed by atoms with Crippen LogP contribution in [0.1, 0.15) is 54.4 Å². The lowest BCUT2D eigenvalue weighted by molar-refractivity contribution is -0.181. The Labute approximate surface area is 249 Å². The Bertz CT molecular complexity index is 1430. The van der Waals surface area contributed by atoms with Gasteiger partial charge in [0, 0.05) is 25.7 Å². The molecule has 13 nitrogen and oxygen atoms in total. The lowest BCUT2D eigenvalue weighted by atomic mass is 9.52. The number of amides is 1. The van der Waals surface area contributed by atoms with Gasteiger partial charge >= 0.3 is 0 Å². The predicted octanol–water partition coefficient (Wildman–Crippen LogP) is -0.00770. The molecule has 6 atom stereocenters. The summed E-state index contributed by atoms with van der Waals surface area (Å²) in [6.07, 6.45) is 5.23. The molecule has 4 aliphatic carbocycles. The summed E-state index contributed by atoms with van der Waals surface area (Å²) in [6, 6.07) is 0.571. The maximum atomic E-state index is 14.2. The lowest BCUT2D eigenvalue weighted by Gasteiger charge is -2.52. The highest BCUT2D eigenvalue weighted by Crippen LogP contribution is 2.52. The van der Waals surface area contributed by atoms with Gasteiger partial charge in [0.25, 0.3) is 0 Å². The SMILES string of the molecule is CN(C)c1cc(NC(N)=NC2CCCCC2)c(O)c2c1C[C@H]1C[C@H]3[C@H](N(C)C)C(=O)C(C(N)=O)C(=O)[C@@]3(O)C(=O)C1C2=O. The molecule has 4 aliphatic rings. The first kappa shape index (κ1) is 30.6. The first-order valence-corrected chi connectivity index (χ1v) is 14.7. The Balaban J connectivity index is 1.58. The number of ketones is 4. The summed E-state index contributed by atoms with van der Waals surface area (Å²) in [7, 11) is 6.66. The molecule has 0 heterocycles. The minimum absolute atomic E-state index is 0.0154. The zero-order valence-electron chi connectivity index (χ0n) is 24.9.